The Morgan fingerprint density at radius 1 is 1.28 bits per heavy atom. The molecule has 0 bridgehead atoms. The molecule has 1 fully saturated rings. The first-order chi connectivity index (χ1) is 8.92. The summed E-state index contributed by atoms with van der Waals surface area (Å²) in [7, 11) is 0. The van der Waals surface area contributed by atoms with Gasteiger partial charge >= 0.3 is 0 Å². The zero-order valence-electron chi connectivity index (χ0n) is 10.2. The molecule has 94 valence electrons. The first-order valence-electron chi connectivity index (χ1n) is 6.39. The van der Waals surface area contributed by atoms with Gasteiger partial charge in [0.25, 0.3) is 5.89 Å². The van der Waals surface area contributed by atoms with Crippen LogP contribution in [0.2, 0.25) is 0 Å². The third kappa shape index (κ3) is 2.56. The van der Waals surface area contributed by atoms with Gasteiger partial charge in [0.1, 0.15) is 5.69 Å². The molecule has 0 aliphatic carbocycles. The van der Waals surface area contributed by atoms with E-state index in [9.17, 15) is 0 Å². The second-order valence-corrected chi connectivity index (χ2v) is 4.57. The molecule has 2 aromatic rings. The number of hydrogen-bond donors (Lipinski definition) is 1. The van der Waals surface area contributed by atoms with Crippen LogP contribution in [-0.2, 0) is 6.42 Å². The van der Waals surface area contributed by atoms with Crippen LogP contribution in [0.4, 0.5) is 0 Å². The average molecular weight is 244 g/mol. The summed E-state index contributed by atoms with van der Waals surface area (Å²) in [6.45, 7) is 1.09. The van der Waals surface area contributed by atoms with E-state index in [1.165, 1.54) is 19.3 Å². The number of rotatable bonds is 3. The van der Waals surface area contributed by atoms with Gasteiger partial charge < -0.3 is 9.73 Å². The maximum Gasteiger partial charge on any atom is 0.266 e. The van der Waals surface area contributed by atoms with E-state index >= 15 is 0 Å². The van der Waals surface area contributed by atoms with Crippen molar-refractivity contribution in [2.45, 2.75) is 31.7 Å². The monoisotopic (exact) mass is 244 g/mol. The lowest BCUT2D eigenvalue weighted by Crippen LogP contribution is -2.35. The molecular weight excluding hydrogens is 228 g/mol. The van der Waals surface area contributed by atoms with E-state index in [0.717, 1.165) is 18.7 Å². The van der Waals surface area contributed by atoms with Crippen LogP contribution >= 0.6 is 0 Å². The normalized spacial score (nSPS) is 19.9. The van der Waals surface area contributed by atoms with Crippen molar-refractivity contribution in [1.29, 1.82) is 0 Å². The molecule has 2 aromatic heterocycles. The second-order valence-electron chi connectivity index (χ2n) is 4.57. The summed E-state index contributed by atoms with van der Waals surface area (Å²) >= 11 is 0. The number of hydrogen-bond acceptors (Lipinski definition) is 5. The predicted octanol–water partition coefficient (Wildman–Crippen LogP) is 1.82. The van der Waals surface area contributed by atoms with Gasteiger partial charge in [0.05, 0.1) is 0 Å². The Hall–Kier alpha value is -1.75. The van der Waals surface area contributed by atoms with E-state index < -0.39 is 0 Å². The van der Waals surface area contributed by atoms with E-state index in [1.54, 1.807) is 6.20 Å². The summed E-state index contributed by atoms with van der Waals surface area (Å²) < 4.78 is 5.65. The van der Waals surface area contributed by atoms with E-state index in [-0.39, 0.29) is 0 Å². The van der Waals surface area contributed by atoms with Crippen LogP contribution < -0.4 is 5.32 Å². The van der Waals surface area contributed by atoms with Crippen LogP contribution in [0.25, 0.3) is 11.6 Å². The smallest absolute Gasteiger partial charge is 0.266 e. The molecule has 18 heavy (non-hydrogen) atoms. The quantitative estimate of drug-likeness (QED) is 0.892. The van der Waals surface area contributed by atoms with Crippen molar-refractivity contribution in [3.8, 4) is 11.6 Å². The van der Waals surface area contributed by atoms with Gasteiger partial charge in [0, 0.05) is 18.7 Å². The fourth-order valence-electron chi connectivity index (χ4n) is 2.24. The molecule has 1 N–H and O–H groups in total. The molecule has 0 amide bonds. The first-order valence-corrected chi connectivity index (χ1v) is 6.39. The number of nitrogens with one attached hydrogen (secondary N) is 1. The molecule has 0 radical (unpaired) electrons. The molecule has 0 aromatic carbocycles. The zero-order chi connectivity index (χ0) is 12.2. The molecule has 5 heteroatoms. The lowest BCUT2D eigenvalue weighted by molar-refractivity contribution is 0.369. The highest BCUT2D eigenvalue weighted by Crippen LogP contribution is 2.17. The fourth-order valence-corrected chi connectivity index (χ4v) is 2.24. The first kappa shape index (κ1) is 11.3. The fraction of sp³-hybridized carbons (Fsp3) is 0.462. The molecule has 0 saturated carbocycles. The molecule has 3 heterocycles. The third-order valence-electron chi connectivity index (χ3n) is 3.18. The molecule has 1 aliphatic heterocycles. The molecular formula is C13H16N4O. The molecule has 1 unspecified atom stereocenters. The van der Waals surface area contributed by atoms with E-state index in [1.807, 2.05) is 18.2 Å². The van der Waals surface area contributed by atoms with Gasteiger partial charge in [-0.2, -0.15) is 0 Å². The highest BCUT2D eigenvalue weighted by molar-refractivity contribution is 5.44. The van der Waals surface area contributed by atoms with Crippen molar-refractivity contribution in [3.63, 3.8) is 0 Å². The maximum absolute atomic E-state index is 5.65. The summed E-state index contributed by atoms with van der Waals surface area (Å²) in [5.74, 6) is 1.19. The Morgan fingerprint density at radius 2 is 2.28 bits per heavy atom. The summed E-state index contributed by atoms with van der Waals surface area (Å²) in [5, 5.41) is 11.6. The Balaban J connectivity index is 1.69. The van der Waals surface area contributed by atoms with Gasteiger partial charge in [-0.25, -0.2) is 0 Å². The van der Waals surface area contributed by atoms with Gasteiger partial charge in [0.15, 0.2) is 0 Å². The Morgan fingerprint density at radius 3 is 3.06 bits per heavy atom. The van der Waals surface area contributed by atoms with Crippen LogP contribution in [0.15, 0.2) is 28.8 Å². The topological polar surface area (TPSA) is 63.8 Å². The van der Waals surface area contributed by atoms with Gasteiger partial charge in [-0.3, -0.25) is 4.98 Å². The van der Waals surface area contributed by atoms with Gasteiger partial charge in [-0.1, -0.05) is 12.5 Å². The minimum Gasteiger partial charge on any atom is -0.419 e. The lowest BCUT2D eigenvalue weighted by Gasteiger charge is -2.21. The highest BCUT2D eigenvalue weighted by Gasteiger charge is 2.17. The average Bonchev–Trinajstić information content (AvgIpc) is 2.89. The number of aromatic nitrogens is 3. The van der Waals surface area contributed by atoms with Crippen molar-refractivity contribution in [2.24, 2.45) is 0 Å². The standard InChI is InChI=1S/C13H16N4O/c1-3-7-14-10(5-1)9-12-16-17-13(18-12)11-6-2-4-8-15-11/h2,4,6,8,10,14H,1,3,5,7,9H2. The predicted molar refractivity (Wildman–Crippen MR) is 66.9 cm³/mol. The van der Waals surface area contributed by atoms with Crippen molar-refractivity contribution < 1.29 is 4.42 Å². The van der Waals surface area contributed by atoms with Crippen molar-refractivity contribution >= 4 is 0 Å². The summed E-state index contributed by atoms with van der Waals surface area (Å²) in [5.41, 5.74) is 0.729. The SMILES string of the molecule is c1ccc(-c2nnc(CC3CCCCN3)o2)nc1. The van der Waals surface area contributed by atoms with E-state index in [4.69, 9.17) is 4.42 Å². The van der Waals surface area contributed by atoms with Crippen LogP contribution in [0.3, 0.4) is 0 Å². The second kappa shape index (κ2) is 5.27. The third-order valence-corrected chi connectivity index (χ3v) is 3.18. The van der Waals surface area contributed by atoms with Gasteiger partial charge in [-0.05, 0) is 31.5 Å². The van der Waals surface area contributed by atoms with Crippen LogP contribution in [0.1, 0.15) is 25.2 Å². The minimum absolute atomic E-state index is 0.468. The van der Waals surface area contributed by atoms with Crippen molar-refractivity contribution in [3.05, 3.63) is 30.3 Å². The van der Waals surface area contributed by atoms with Crippen molar-refractivity contribution in [1.82, 2.24) is 20.5 Å². The van der Waals surface area contributed by atoms with Crippen LogP contribution in [0, 0.1) is 0 Å². The number of piperidine rings is 1. The molecule has 5 nitrogen and oxygen atoms in total. The van der Waals surface area contributed by atoms with Crippen LogP contribution in [0.5, 0.6) is 0 Å². The largest absolute Gasteiger partial charge is 0.419 e. The summed E-state index contributed by atoms with van der Waals surface area (Å²) in [4.78, 5) is 4.20. The maximum atomic E-state index is 5.65. The van der Waals surface area contributed by atoms with E-state index in [2.05, 4.69) is 20.5 Å². The Labute approximate surface area is 106 Å². The number of pyridine rings is 1. The molecule has 1 aliphatic rings. The Bertz CT molecular complexity index is 491. The highest BCUT2D eigenvalue weighted by atomic mass is 16.4. The minimum atomic E-state index is 0.468. The summed E-state index contributed by atoms with van der Waals surface area (Å²) in [6.07, 6.45) is 6.25. The Kier molecular flexibility index (Phi) is 3.32. The molecule has 3 rings (SSSR count). The van der Waals surface area contributed by atoms with Gasteiger partial charge in [0.2, 0.25) is 5.89 Å². The molecule has 1 atom stereocenters. The molecule has 1 saturated heterocycles. The van der Waals surface area contributed by atoms with Crippen molar-refractivity contribution in [2.75, 3.05) is 6.54 Å². The van der Waals surface area contributed by atoms with Crippen LogP contribution in [-0.4, -0.2) is 27.8 Å². The molecule has 0 spiro atoms. The number of nitrogens with zero attached hydrogens (tertiary/aromatic N) is 3. The summed E-state index contributed by atoms with van der Waals surface area (Å²) in [6, 6.07) is 6.12. The van der Waals surface area contributed by atoms with E-state index in [0.29, 0.717) is 17.8 Å². The zero-order valence-corrected chi connectivity index (χ0v) is 10.2. The lowest BCUT2D eigenvalue weighted by atomic mass is 10.0. The van der Waals surface area contributed by atoms with Gasteiger partial charge in [-0.15, -0.1) is 10.2 Å².